The molecule has 0 radical (unpaired) electrons. The highest BCUT2D eigenvalue weighted by Crippen LogP contribution is 2.35. The number of hydrogen-bond acceptors (Lipinski definition) is 0. The van der Waals surface area contributed by atoms with Crippen molar-refractivity contribution in [2.24, 2.45) is 0 Å². The number of aromatic nitrogens is 1. The van der Waals surface area contributed by atoms with Crippen molar-refractivity contribution in [3.8, 4) is 22.3 Å². The molecular weight excluding hydrogens is 362 g/mol. The van der Waals surface area contributed by atoms with E-state index in [0.29, 0.717) is 6.04 Å². The van der Waals surface area contributed by atoms with Gasteiger partial charge in [0.25, 0.3) is 0 Å². The van der Waals surface area contributed by atoms with Gasteiger partial charge in [-0.2, -0.15) is 0 Å². The van der Waals surface area contributed by atoms with Crippen LogP contribution in [0.1, 0.15) is 32.4 Å². The van der Waals surface area contributed by atoms with Gasteiger partial charge in [0.05, 0.1) is 0 Å². The van der Waals surface area contributed by atoms with Crippen LogP contribution in [0.3, 0.4) is 0 Å². The maximum atomic E-state index is 2.44. The molecule has 4 aromatic carbocycles. The van der Waals surface area contributed by atoms with Gasteiger partial charge in [0.15, 0.2) is 0 Å². The van der Waals surface area contributed by atoms with Gasteiger partial charge in [0, 0.05) is 27.8 Å². The first kappa shape index (κ1) is 18.7. The lowest BCUT2D eigenvalue weighted by molar-refractivity contribution is 0.642. The number of aryl methyl sites for hydroxylation is 1. The summed E-state index contributed by atoms with van der Waals surface area (Å²) in [6, 6.07) is 33.9. The van der Waals surface area contributed by atoms with E-state index in [9.17, 15) is 0 Å². The fraction of sp³-hybridized carbons (Fsp3) is 0.172. The number of fused-ring (bicyclic) bond motifs is 3. The largest absolute Gasteiger partial charge is 0.338 e. The molecule has 0 amide bonds. The summed E-state index contributed by atoms with van der Waals surface area (Å²) in [5.74, 6) is 0. The van der Waals surface area contributed by atoms with E-state index in [0.717, 1.165) is 6.42 Å². The fourth-order valence-corrected chi connectivity index (χ4v) is 4.53. The van der Waals surface area contributed by atoms with Gasteiger partial charge in [-0.25, -0.2) is 0 Å². The lowest BCUT2D eigenvalue weighted by Crippen LogP contribution is -1.99. The van der Waals surface area contributed by atoms with Crippen LogP contribution in [-0.4, -0.2) is 4.57 Å². The highest BCUT2D eigenvalue weighted by atomic mass is 15.0. The first-order valence-corrected chi connectivity index (χ1v) is 10.9. The van der Waals surface area contributed by atoms with Crippen LogP contribution in [0.25, 0.3) is 44.1 Å². The molecule has 0 aliphatic rings. The van der Waals surface area contributed by atoms with Crippen molar-refractivity contribution in [2.75, 3.05) is 0 Å². The Hall–Kier alpha value is -3.32. The zero-order chi connectivity index (χ0) is 20.7. The second-order valence-electron chi connectivity index (χ2n) is 8.34. The van der Waals surface area contributed by atoms with Crippen molar-refractivity contribution in [3.63, 3.8) is 0 Å². The Morgan fingerprint density at radius 3 is 1.77 bits per heavy atom. The third-order valence-corrected chi connectivity index (χ3v) is 6.14. The van der Waals surface area contributed by atoms with Gasteiger partial charge >= 0.3 is 0 Å². The summed E-state index contributed by atoms with van der Waals surface area (Å²) in [5.41, 5.74) is 9.06. The molecule has 1 heteroatoms. The molecule has 148 valence electrons. The van der Waals surface area contributed by atoms with Gasteiger partial charge in [0.1, 0.15) is 0 Å². The zero-order valence-corrected chi connectivity index (χ0v) is 17.9. The Kier molecular flexibility index (Phi) is 4.67. The SMILES string of the molecule is CCc1ccc(-c2ccc(-c3ccc4c(c3)c3ccccc3n4C(C)C)cc2)cc1. The average molecular weight is 390 g/mol. The summed E-state index contributed by atoms with van der Waals surface area (Å²) in [6.45, 7) is 6.70. The number of hydrogen-bond donors (Lipinski definition) is 0. The first-order valence-electron chi connectivity index (χ1n) is 10.9. The number of para-hydroxylation sites is 1. The first-order chi connectivity index (χ1) is 14.7. The van der Waals surface area contributed by atoms with Crippen LogP contribution in [0.4, 0.5) is 0 Å². The molecule has 0 aliphatic heterocycles. The molecule has 0 N–H and O–H groups in total. The lowest BCUT2D eigenvalue weighted by atomic mass is 9.98. The second kappa shape index (κ2) is 7.50. The molecule has 0 saturated carbocycles. The topological polar surface area (TPSA) is 4.93 Å². The predicted octanol–water partition coefficient (Wildman–Crippen LogP) is 8.27. The molecule has 0 bridgehead atoms. The van der Waals surface area contributed by atoms with Crippen molar-refractivity contribution >= 4 is 21.8 Å². The van der Waals surface area contributed by atoms with E-state index in [1.165, 1.54) is 49.6 Å². The minimum atomic E-state index is 0.427. The van der Waals surface area contributed by atoms with Gasteiger partial charge in [-0.3, -0.25) is 0 Å². The molecule has 5 aromatic rings. The molecule has 30 heavy (non-hydrogen) atoms. The summed E-state index contributed by atoms with van der Waals surface area (Å²) in [5, 5.41) is 2.66. The van der Waals surface area contributed by atoms with Crippen molar-refractivity contribution < 1.29 is 0 Å². The van der Waals surface area contributed by atoms with Gasteiger partial charge < -0.3 is 4.57 Å². The van der Waals surface area contributed by atoms with Crippen molar-refractivity contribution in [3.05, 3.63) is 96.6 Å². The smallest absolute Gasteiger partial charge is 0.0494 e. The van der Waals surface area contributed by atoms with E-state index in [1.807, 2.05) is 0 Å². The normalized spacial score (nSPS) is 11.6. The van der Waals surface area contributed by atoms with Gasteiger partial charge in [-0.05, 0) is 66.3 Å². The minimum Gasteiger partial charge on any atom is -0.338 e. The molecule has 0 unspecified atom stereocenters. The fourth-order valence-electron chi connectivity index (χ4n) is 4.53. The Labute approximate surface area is 178 Å². The summed E-state index contributed by atoms with van der Waals surface area (Å²) >= 11 is 0. The average Bonchev–Trinajstić information content (AvgIpc) is 3.13. The molecular formula is C29H27N. The van der Waals surface area contributed by atoms with Gasteiger partial charge in [-0.1, -0.05) is 79.7 Å². The van der Waals surface area contributed by atoms with Crippen LogP contribution < -0.4 is 0 Å². The van der Waals surface area contributed by atoms with Gasteiger partial charge in [0.2, 0.25) is 0 Å². The van der Waals surface area contributed by atoms with Crippen LogP contribution >= 0.6 is 0 Å². The summed E-state index contributed by atoms with van der Waals surface area (Å²) < 4.78 is 2.44. The molecule has 0 atom stereocenters. The number of rotatable bonds is 4. The third-order valence-electron chi connectivity index (χ3n) is 6.14. The van der Waals surface area contributed by atoms with E-state index in [1.54, 1.807) is 0 Å². The summed E-state index contributed by atoms with van der Waals surface area (Å²) in [4.78, 5) is 0. The van der Waals surface area contributed by atoms with E-state index in [4.69, 9.17) is 0 Å². The Morgan fingerprint density at radius 1 is 0.600 bits per heavy atom. The molecule has 1 aromatic heterocycles. The molecule has 0 saturated heterocycles. The molecule has 0 fully saturated rings. The minimum absolute atomic E-state index is 0.427. The van der Waals surface area contributed by atoms with E-state index >= 15 is 0 Å². The lowest BCUT2D eigenvalue weighted by Gasteiger charge is -2.11. The monoisotopic (exact) mass is 389 g/mol. The number of benzene rings is 4. The Morgan fingerprint density at radius 2 is 1.13 bits per heavy atom. The quantitative estimate of drug-likeness (QED) is 0.291. The molecule has 0 aliphatic carbocycles. The molecule has 0 spiro atoms. The van der Waals surface area contributed by atoms with Crippen LogP contribution in [0.15, 0.2) is 91.0 Å². The van der Waals surface area contributed by atoms with Crippen molar-refractivity contribution in [1.29, 1.82) is 0 Å². The molecule has 1 nitrogen and oxygen atoms in total. The molecule has 5 rings (SSSR count). The summed E-state index contributed by atoms with van der Waals surface area (Å²) in [6.07, 6.45) is 1.08. The van der Waals surface area contributed by atoms with Gasteiger partial charge in [-0.15, -0.1) is 0 Å². The maximum Gasteiger partial charge on any atom is 0.0494 e. The maximum absolute atomic E-state index is 2.44. The van der Waals surface area contributed by atoms with E-state index in [2.05, 4.69) is 116 Å². The Balaban J connectivity index is 1.57. The third kappa shape index (κ3) is 3.11. The van der Waals surface area contributed by atoms with Crippen LogP contribution in [-0.2, 0) is 6.42 Å². The highest BCUT2D eigenvalue weighted by molar-refractivity contribution is 6.09. The molecule has 1 heterocycles. The Bertz CT molecular complexity index is 1320. The number of nitrogens with zero attached hydrogens (tertiary/aromatic N) is 1. The zero-order valence-electron chi connectivity index (χ0n) is 17.9. The highest BCUT2D eigenvalue weighted by Gasteiger charge is 2.13. The van der Waals surface area contributed by atoms with Crippen LogP contribution in [0.5, 0.6) is 0 Å². The van der Waals surface area contributed by atoms with Crippen LogP contribution in [0.2, 0.25) is 0 Å². The van der Waals surface area contributed by atoms with Crippen molar-refractivity contribution in [1.82, 2.24) is 4.57 Å². The van der Waals surface area contributed by atoms with E-state index < -0.39 is 0 Å². The van der Waals surface area contributed by atoms with Crippen molar-refractivity contribution in [2.45, 2.75) is 33.2 Å². The summed E-state index contributed by atoms with van der Waals surface area (Å²) in [7, 11) is 0. The second-order valence-corrected chi connectivity index (χ2v) is 8.34. The van der Waals surface area contributed by atoms with Crippen LogP contribution in [0, 0.1) is 0 Å². The standard InChI is InChI=1S/C29H27N/c1-4-21-9-11-22(12-10-21)23-13-15-24(16-14-23)25-17-18-29-27(19-25)26-7-5-6-8-28(26)30(29)20(2)3/h5-20H,4H2,1-3H3. The predicted molar refractivity (Wildman–Crippen MR) is 130 cm³/mol. The van der Waals surface area contributed by atoms with E-state index in [-0.39, 0.29) is 0 Å².